The van der Waals surface area contributed by atoms with Gasteiger partial charge in [0.2, 0.25) is 0 Å². The van der Waals surface area contributed by atoms with Crippen LogP contribution in [0.1, 0.15) is 41.3 Å². The van der Waals surface area contributed by atoms with Crippen molar-refractivity contribution in [3.05, 3.63) is 87.0 Å². The number of ether oxygens (including phenoxy) is 2. The van der Waals surface area contributed by atoms with E-state index in [1.165, 1.54) is 16.4 Å². The second kappa shape index (κ2) is 11.9. The molecule has 0 radical (unpaired) electrons. The molecule has 1 heterocycles. The maximum atomic E-state index is 12.4. The van der Waals surface area contributed by atoms with E-state index in [1.54, 1.807) is 6.21 Å². The zero-order valence-electron chi connectivity index (χ0n) is 19.2. The first-order valence-corrected chi connectivity index (χ1v) is 12.5. The van der Waals surface area contributed by atoms with Crippen LogP contribution in [0.25, 0.3) is 0 Å². The summed E-state index contributed by atoms with van der Waals surface area (Å²) in [6.07, 6.45) is 4.05. The minimum Gasteiger partial charge on any atom is -0.490 e. The van der Waals surface area contributed by atoms with Crippen LogP contribution in [0, 0.1) is 3.57 Å². The van der Waals surface area contributed by atoms with Gasteiger partial charge in [0, 0.05) is 27.9 Å². The van der Waals surface area contributed by atoms with Gasteiger partial charge >= 0.3 is 0 Å². The normalized spacial score (nSPS) is 13.3. The molecule has 0 aromatic heterocycles. The minimum atomic E-state index is -0.244. The number of carbonyl (C=O) groups is 1. The number of hydrogen-bond acceptors (Lipinski definition) is 5. The number of rotatable bonds is 9. The van der Waals surface area contributed by atoms with Crippen LogP contribution in [0.4, 0.5) is 5.69 Å². The molecule has 0 unspecified atom stereocenters. The lowest BCUT2D eigenvalue weighted by Gasteiger charge is -2.17. The van der Waals surface area contributed by atoms with Gasteiger partial charge in [-0.1, -0.05) is 12.1 Å². The topological polar surface area (TPSA) is 63.2 Å². The Balaban J connectivity index is 1.35. The molecule has 0 atom stereocenters. The molecule has 3 aromatic rings. The molecule has 4 rings (SSSR count). The van der Waals surface area contributed by atoms with Crippen LogP contribution in [0.2, 0.25) is 0 Å². The first-order valence-electron chi connectivity index (χ1n) is 11.4. The molecule has 1 amide bonds. The quantitative estimate of drug-likeness (QED) is 0.206. The molecule has 176 valence electrons. The van der Waals surface area contributed by atoms with E-state index in [9.17, 15) is 4.79 Å². The van der Waals surface area contributed by atoms with Crippen molar-refractivity contribution in [1.29, 1.82) is 0 Å². The Labute approximate surface area is 214 Å². The third-order valence-corrected chi connectivity index (χ3v) is 6.27. The van der Waals surface area contributed by atoms with E-state index in [0.29, 0.717) is 30.3 Å². The van der Waals surface area contributed by atoms with Crippen molar-refractivity contribution in [2.24, 2.45) is 5.10 Å². The Bertz CT molecular complexity index is 1120. The first kappa shape index (κ1) is 24.1. The van der Waals surface area contributed by atoms with Gasteiger partial charge < -0.3 is 14.4 Å². The summed E-state index contributed by atoms with van der Waals surface area (Å²) < 4.78 is 12.9. The van der Waals surface area contributed by atoms with Crippen molar-refractivity contribution >= 4 is 40.4 Å². The van der Waals surface area contributed by atoms with E-state index in [1.807, 2.05) is 61.5 Å². The largest absolute Gasteiger partial charge is 0.490 e. The number of nitrogens with zero attached hydrogens (tertiary/aromatic N) is 2. The summed E-state index contributed by atoms with van der Waals surface area (Å²) in [5.41, 5.74) is 6.22. The van der Waals surface area contributed by atoms with Gasteiger partial charge in [-0.3, -0.25) is 4.79 Å². The van der Waals surface area contributed by atoms with Gasteiger partial charge in [-0.2, -0.15) is 5.10 Å². The van der Waals surface area contributed by atoms with E-state index < -0.39 is 0 Å². The molecule has 0 bridgehead atoms. The molecule has 1 saturated heterocycles. The van der Waals surface area contributed by atoms with E-state index >= 15 is 0 Å². The molecule has 1 aliphatic rings. The molecule has 1 N–H and O–H groups in total. The summed E-state index contributed by atoms with van der Waals surface area (Å²) in [7, 11) is 0. The van der Waals surface area contributed by atoms with E-state index in [-0.39, 0.29) is 5.91 Å². The number of anilines is 1. The second-order valence-electron chi connectivity index (χ2n) is 7.99. The summed E-state index contributed by atoms with van der Waals surface area (Å²) >= 11 is 2.28. The molecule has 0 spiro atoms. The van der Waals surface area contributed by atoms with E-state index in [4.69, 9.17) is 9.47 Å². The average Bonchev–Trinajstić information content (AvgIpc) is 3.40. The Hall–Kier alpha value is -3.07. The number of nitrogens with one attached hydrogen (secondary N) is 1. The zero-order chi connectivity index (χ0) is 23.8. The van der Waals surface area contributed by atoms with E-state index in [0.717, 1.165) is 29.9 Å². The SMILES string of the molecule is CCOc1cc(/C=N\NC(=O)c2ccc(N3CCCC3)cc2)ccc1OCc1ccc(I)cc1. The van der Waals surface area contributed by atoms with E-state index in [2.05, 4.69) is 50.2 Å². The summed E-state index contributed by atoms with van der Waals surface area (Å²) in [5.74, 6) is 1.06. The van der Waals surface area contributed by atoms with Crippen LogP contribution in [0.5, 0.6) is 11.5 Å². The molecule has 0 saturated carbocycles. The Morgan fingerprint density at radius 3 is 2.44 bits per heavy atom. The lowest BCUT2D eigenvalue weighted by molar-refractivity contribution is 0.0955. The Morgan fingerprint density at radius 2 is 1.74 bits per heavy atom. The summed E-state index contributed by atoms with van der Waals surface area (Å²) in [6, 6.07) is 21.5. The summed E-state index contributed by atoms with van der Waals surface area (Å²) in [5, 5.41) is 4.12. The molecular weight excluding hydrogens is 541 g/mol. The lowest BCUT2D eigenvalue weighted by atomic mass is 10.2. The van der Waals surface area contributed by atoms with Crippen LogP contribution in [-0.2, 0) is 6.61 Å². The average molecular weight is 569 g/mol. The first-order chi connectivity index (χ1) is 16.6. The highest BCUT2D eigenvalue weighted by molar-refractivity contribution is 14.1. The molecule has 1 fully saturated rings. The zero-order valence-corrected chi connectivity index (χ0v) is 21.3. The van der Waals surface area contributed by atoms with Gasteiger partial charge in [-0.15, -0.1) is 0 Å². The third-order valence-electron chi connectivity index (χ3n) is 5.56. The number of hydrazone groups is 1. The van der Waals surface area contributed by atoms with Crippen molar-refractivity contribution in [2.45, 2.75) is 26.4 Å². The van der Waals surface area contributed by atoms with Gasteiger partial charge in [0.15, 0.2) is 11.5 Å². The molecule has 3 aromatic carbocycles. The highest BCUT2D eigenvalue weighted by Crippen LogP contribution is 2.29. The van der Waals surface area contributed by atoms with Crippen LogP contribution < -0.4 is 19.8 Å². The molecule has 1 aliphatic heterocycles. The molecule has 7 heteroatoms. The van der Waals surface area contributed by atoms with Crippen molar-refractivity contribution in [1.82, 2.24) is 5.43 Å². The van der Waals surface area contributed by atoms with Crippen molar-refractivity contribution in [2.75, 3.05) is 24.6 Å². The van der Waals surface area contributed by atoms with Crippen LogP contribution in [0.15, 0.2) is 71.8 Å². The van der Waals surface area contributed by atoms with Gasteiger partial charge in [0.1, 0.15) is 6.61 Å². The van der Waals surface area contributed by atoms with Gasteiger partial charge in [0.25, 0.3) is 5.91 Å². The number of amides is 1. The number of carbonyl (C=O) groups excluding carboxylic acids is 1. The number of halogens is 1. The molecule has 6 nitrogen and oxygen atoms in total. The number of benzene rings is 3. The van der Waals surface area contributed by atoms with Crippen molar-refractivity contribution < 1.29 is 14.3 Å². The van der Waals surface area contributed by atoms with Crippen LogP contribution in [0.3, 0.4) is 0 Å². The van der Waals surface area contributed by atoms with Crippen LogP contribution in [-0.4, -0.2) is 31.8 Å². The summed E-state index contributed by atoms with van der Waals surface area (Å²) in [4.78, 5) is 14.8. The Morgan fingerprint density at radius 1 is 1.00 bits per heavy atom. The fourth-order valence-corrected chi connectivity index (χ4v) is 4.12. The highest BCUT2D eigenvalue weighted by Gasteiger charge is 2.13. The molecule has 0 aliphatic carbocycles. The third kappa shape index (κ3) is 6.50. The standard InChI is InChI=1S/C27H28IN3O3/c1-2-33-26-17-21(7-14-25(26)34-19-20-5-10-23(28)11-6-20)18-29-30-27(32)22-8-12-24(13-9-22)31-15-3-4-16-31/h5-14,17-18H,2-4,15-16,19H2,1H3,(H,30,32)/b29-18-. The number of hydrogen-bond donors (Lipinski definition) is 1. The summed E-state index contributed by atoms with van der Waals surface area (Å²) in [6.45, 7) is 5.06. The highest BCUT2D eigenvalue weighted by atomic mass is 127. The fraction of sp³-hybridized carbons (Fsp3) is 0.259. The Kier molecular flexibility index (Phi) is 8.41. The van der Waals surface area contributed by atoms with Crippen molar-refractivity contribution in [3.63, 3.8) is 0 Å². The van der Waals surface area contributed by atoms with Gasteiger partial charge in [-0.05, 0) is 108 Å². The maximum absolute atomic E-state index is 12.4. The second-order valence-corrected chi connectivity index (χ2v) is 9.24. The van der Waals surface area contributed by atoms with Gasteiger partial charge in [-0.25, -0.2) is 5.43 Å². The predicted molar refractivity (Wildman–Crippen MR) is 144 cm³/mol. The molecular formula is C27H28IN3O3. The minimum absolute atomic E-state index is 0.244. The maximum Gasteiger partial charge on any atom is 0.271 e. The van der Waals surface area contributed by atoms with Crippen LogP contribution >= 0.6 is 22.6 Å². The smallest absolute Gasteiger partial charge is 0.271 e. The fourth-order valence-electron chi connectivity index (χ4n) is 3.76. The predicted octanol–water partition coefficient (Wildman–Crippen LogP) is 5.63. The lowest BCUT2D eigenvalue weighted by Crippen LogP contribution is -2.19. The van der Waals surface area contributed by atoms with Gasteiger partial charge in [0.05, 0.1) is 12.8 Å². The van der Waals surface area contributed by atoms with Crippen molar-refractivity contribution in [3.8, 4) is 11.5 Å². The monoisotopic (exact) mass is 569 g/mol. The molecule has 34 heavy (non-hydrogen) atoms.